The molecule has 0 radical (unpaired) electrons. The van der Waals surface area contributed by atoms with Gasteiger partial charge in [-0.2, -0.15) is 0 Å². The maximum atomic E-state index is 12.5. The molecule has 1 amide bonds. The number of benzene rings is 2. The molecular weight excluding hydrogens is 346 g/mol. The molecule has 0 spiro atoms. The van der Waals surface area contributed by atoms with Gasteiger partial charge in [0.2, 0.25) is 5.91 Å². The van der Waals surface area contributed by atoms with Gasteiger partial charge in [0.05, 0.1) is 6.54 Å². The van der Waals surface area contributed by atoms with Crippen molar-refractivity contribution in [2.75, 3.05) is 44.6 Å². The van der Waals surface area contributed by atoms with Crippen molar-refractivity contribution >= 4 is 17.7 Å². The van der Waals surface area contributed by atoms with Gasteiger partial charge >= 0.3 is 0 Å². The molecular formula is C24H31N3O. The average molecular weight is 378 g/mol. The lowest BCUT2D eigenvalue weighted by molar-refractivity contribution is -0.130. The standard InChI is InChI=1S/C24H31N3O/c1-20(2)22-10-12-23(13-11-22)25-19-24(28)27-17-15-26(16-18-27)14-6-9-21-7-4-3-5-8-21/h3-13,20,25H,14-19H2,1-2H3/b9-6+. The summed E-state index contributed by atoms with van der Waals surface area (Å²) in [5.41, 5.74) is 3.54. The summed E-state index contributed by atoms with van der Waals surface area (Å²) < 4.78 is 0. The normalized spacial score (nSPS) is 15.3. The van der Waals surface area contributed by atoms with E-state index in [2.05, 4.69) is 84.7 Å². The minimum atomic E-state index is 0.174. The SMILES string of the molecule is CC(C)c1ccc(NCC(=O)N2CCN(C/C=C/c3ccccc3)CC2)cc1. The fourth-order valence-corrected chi connectivity index (χ4v) is 3.36. The summed E-state index contributed by atoms with van der Waals surface area (Å²) in [6.07, 6.45) is 4.36. The summed E-state index contributed by atoms with van der Waals surface area (Å²) >= 11 is 0. The number of hydrogen-bond donors (Lipinski definition) is 1. The first kappa shape index (κ1) is 20.2. The molecule has 0 aliphatic carbocycles. The second-order valence-electron chi connectivity index (χ2n) is 7.62. The van der Waals surface area contributed by atoms with Gasteiger partial charge in [-0.15, -0.1) is 0 Å². The van der Waals surface area contributed by atoms with Gasteiger partial charge in [-0.1, -0.05) is 68.5 Å². The minimum Gasteiger partial charge on any atom is -0.376 e. The Morgan fingerprint density at radius 3 is 2.32 bits per heavy atom. The Morgan fingerprint density at radius 2 is 1.68 bits per heavy atom. The van der Waals surface area contributed by atoms with E-state index in [0.29, 0.717) is 12.5 Å². The summed E-state index contributed by atoms with van der Waals surface area (Å²) in [6, 6.07) is 18.7. The van der Waals surface area contributed by atoms with Crippen LogP contribution in [0.5, 0.6) is 0 Å². The molecule has 4 heteroatoms. The summed E-state index contributed by atoms with van der Waals surface area (Å²) in [6.45, 7) is 9.10. The minimum absolute atomic E-state index is 0.174. The van der Waals surface area contributed by atoms with E-state index in [9.17, 15) is 4.79 Å². The van der Waals surface area contributed by atoms with Gasteiger partial charge in [0.25, 0.3) is 0 Å². The van der Waals surface area contributed by atoms with Gasteiger partial charge in [0.1, 0.15) is 0 Å². The first-order chi connectivity index (χ1) is 13.6. The van der Waals surface area contributed by atoms with Crippen molar-refractivity contribution in [1.82, 2.24) is 9.80 Å². The van der Waals surface area contributed by atoms with Crippen LogP contribution in [0.2, 0.25) is 0 Å². The third-order valence-electron chi connectivity index (χ3n) is 5.22. The first-order valence-electron chi connectivity index (χ1n) is 10.2. The van der Waals surface area contributed by atoms with Crippen LogP contribution >= 0.6 is 0 Å². The Bertz CT molecular complexity index is 760. The third-order valence-corrected chi connectivity index (χ3v) is 5.22. The van der Waals surface area contributed by atoms with Crippen molar-refractivity contribution in [1.29, 1.82) is 0 Å². The summed E-state index contributed by atoms with van der Waals surface area (Å²) in [7, 11) is 0. The quantitative estimate of drug-likeness (QED) is 0.790. The summed E-state index contributed by atoms with van der Waals surface area (Å²) in [5.74, 6) is 0.696. The van der Waals surface area contributed by atoms with Crippen molar-refractivity contribution in [2.45, 2.75) is 19.8 Å². The lowest BCUT2D eigenvalue weighted by Crippen LogP contribution is -2.50. The number of nitrogens with zero attached hydrogens (tertiary/aromatic N) is 2. The number of piperazine rings is 1. The van der Waals surface area contributed by atoms with Crippen LogP contribution in [0.25, 0.3) is 6.08 Å². The van der Waals surface area contributed by atoms with Crippen molar-refractivity contribution in [3.05, 3.63) is 71.8 Å². The van der Waals surface area contributed by atoms with Crippen LogP contribution in [-0.2, 0) is 4.79 Å². The van der Waals surface area contributed by atoms with E-state index in [1.165, 1.54) is 11.1 Å². The van der Waals surface area contributed by atoms with E-state index in [1.807, 2.05) is 11.0 Å². The van der Waals surface area contributed by atoms with Crippen LogP contribution in [0.3, 0.4) is 0 Å². The molecule has 0 bridgehead atoms. The molecule has 1 heterocycles. The zero-order valence-corrected chi connectivity index (χ0v) is 17.0. The zero-order chi connectivity index (χ0) is 19.8. The van der Waals surface area contributed by atoms with Gasteiger partial charge in [-0.05, 0) is 29.2 Å². The highest BCUT2D eigenvalue weighted by Gasteiger charge is 2.20. The number of rotatable bonds is 7. The van der Waals surface area contributed by atoms with Crippen LogP contribution < -0.4 is 5.32 Å². The molecule has 1 aliphatic heterocycles. The Kier molecular flexibility index (Phi) is 7.26. The van der Waals surface area contributed by atoms with Crippen LogP contribution in [0.15, 0.2) is 60.7 Å². The maximum absolute atomic E-state index is 12.5. The molecule has 4 nitrogen and oxygen atoms in total. The highest BCUT2D eigenvalue weighted by molar-refractivity contribution is 5.81. The van der Waals surface area contributed by atoms with E-state index < -0.39 is 0 Å². The Balaban J connectivity index is 1.38. The Labute approximate surface area is 168 Å². The highest BCUT2D eigenvalue weighted by Crippen LogP contribution is 2.17. The van der Waals surface area contributed by atoms with E-state index in [0.717, 1.165) is 38.4 Å². The molecule has 1 aliphatic rings. The molecule has 0 unspecified atom stereocenters. The van der Waals surface area contributed by atoms with E-state index >= 15 is 0 Å². The van der Waals surface area contributed by atoms with Crippen LogP contribution in [0.1, 0.15) is 30.9 Å². The smallest absolute Gasteiger partial charge is 0.241 e. The van der Waals surface area contributed by atoms with E-state index in [1.54, 1.807) is 0 Å². The Hall–Kier alpha value is -2.59. The van der Waals surface area contributed by atoms with Crippen molar-refractivity contribution in [2.24, 2.45) is 0 Å². The highest BCUT2D eigenvalue weighted by atomic mass is 16.2. The lowest BCUT2D eigenvalue weighted by atomic mass is 10.0. The second-order valence-corrected chi connectivity index (χ2v) is 7.62. The summed E-state index contributed by atoms with van der Waals surface area (Å²) in [4.78, 5) is 16.8. The molecule has 2 aromatic carbocycles. The monoisotopic (exact) mass is 377 g/mol. The third kappa shape index (κ3) is 5.96. The number of anilines is 1. The van der Waals surface area contributed by atoms with Crippen LogP contribution in [-0.4, -0.2) is 55.0 Å². The average Bonchev–Trinajstić information content (AvgIpc) is 2.73. The van der Waals surface area contributed by atoms with Gasteiger partial charge in [0.15, 0.2) is 0 Å². The number of hydrogen-bond acceptors (Lipinski definition) is 3. The number of amides is 1. The van der Waals surface area contributed by atoms with E-state index in [4.69, 9.17) is 0 Å². The largest absolute Gasteiger partial charge is 0.376 e. The van der Waals surface area contributed by atoms with Gasteiger partial charge in [-0.3, -0.25) is 9.69 Å². The zero-order valence-electron chi connectivity index (χ0n) is 17.0. The number of carbonyl (C=O) groups excluding carboxylic acids is 1. The lowest BCUT2D eigenvalue weighted by Gasteiger charge is -2.34. The predicted molar refractivity (Wildman–Crippen MR) is 118 cm³/mol. The van der Waals surface area contributed by atoms with Crippen LogP contribution in [0, 0.1) is 0 Å². The number of carbonyl (C=O) groups is 1. The van der Waals surface area contributed by atoms with Gasteiger partial charge in [-0.25, -0.2) is 0 Å². The summed E-state index contributed by atoms with van der Waals surface area (Å²) in [5, 5.41) is 3.26. The van der Waals surface area contributed by atoms with Crippen molar-refractivity contribution in [3.63, 3.8) is 0 Å². The number of nitrogens with one attached hydrogen (secondary N) is 1. The van der Waals surface area contributed by atoms with Crippen molar-refractivity contribution in [3.8, 4) is 0 Å². The maximum Gasteiger partial charge on any atom is 0.241 e. The molecule has 3 rings (SSSR count). The molecule has 0 saturated carbocycles. The topological polar surface area (TPSA) is 35.6 Å². The predicted octanol–water partition coefficient (Wildman–Crippen LogP) is 4.08. The molecule has 28 heavy (non-hydrogen) atoms. The fourth-order valence-electron chi connectivity index (χ4n) is 3.36. The second kappa shape index (κ2) is 10.1. The first-order valence-corrected chi connectivity index (χ1v) is 10.2. The molecule has 2 aromatic rings. The molecule has 0 atom stereocenters. The van der Waals surface area contributed by atoms with Crippen molar-refractivity contribution < 1.29 is 4.79 Å². The van der Waals surface area contributed by atoms with E-state index in [-0.39, 0.29) is 5.91 Å². The van der Waals surface area contributed by atoms with Crippen LogP contribution in [0.4, 0.5) is 5.69 Å². The molecule has 0 aromatic heterocycles. The molecule has 148 valence electrons. The molecule has 1 N–H and O–H groups in total. The fraction of sp³-hybridized carbons (Fsp3) is 0.375. The van der Waals surface area contributed by atoms with Gasteiger partial charge in [0, 0.05) is 38.4 Å². The van der Waals surface area contributed by atoms with Gasteiger partial charge < -0.3 is 10.2 Å². The molecule has 1 saturated heterocycles. The Morgan fingerprint density at radius 1 is 1.00 bits per heavy atom. The molecule has 1 fully saturated rings.